The predicted octanol–water partition coefficient (Wildman–Crippen LogP) is 2.76. The first kappa shape index (κ1) is 15.4. The lowest BCUT2D eigenvalue weighted by Crippen LogP contribution is -2.29. The summed E-state index contributed by atoms with van der Waals surface area (Å²) in [6.45, 7) is 0. The summed E-state index contributed by atoms with van der Waals surface area (Å²) in [5.74, 6) is -1.60. The second kappa shape index (κ2) is 4.76. The number of carbonyl (C=O) groups is 2. The fraction of sp³-hybridized carbons (Fsp3) is 0.0667. The Balaban J connectivity index is 2.36. The largest absolute Gasteiger partial charge is 0.501 e. The van der Waals surface area contributed by atoms with Gasteiger partial charge in [-0.1, -0.05) is 36.4 Å². The van der Waals surface area contributed by atoms with Crippen LogP contribution < -0.4 is 0 Å². The fourth-order valence-electron chi connectivity index (χ4n) is 2.46. The number of fused-ring (bicyclic) bond motifs is 2. The van der Waals surface area contributed by atoms with Crippen LogP contribution in [0.3, 0.4) is 0 Å². The van der Waals surface area contributed by atoms with Crippen molar-refractivity contribution in [2.45, 2.75) is 10.4 Å². The molecule has 0 spiro atoms. The van der Waals surface area contributed by atoms with Gasteiger partial charge < -0.3 is 0 Å². The second-order valence-electron chi connectivity index (χ2n) is 4.83. The molecule has 2 aromatic carbocycles. The summed E-state index contributed by atoms with van der Waals surface area (Å²) in [5, 5.41) is 0. The van der Waals surface area contributed by atoms with Crippen LogP contribution in [-0.2, 0) is 9.84 Å². The van der Waals surface area contributed by atoms with Gasteiger partial charge in [-0.25, -0.2) is 8.42 Å². The zero-order valence-electron chi connectivity index (χ0n) is 11.2. The molecule has 0 aromatic heterocycles. The number of hydrogen-bond acceptors (Lipinski definition) is 4. The van der Waals surface area contributed by atoms with Gasteiger partial charge in [0.15, 0.2) is 11.6 Å². The zero-order chi connectivity index (χ0) is 17.0. The number of halogens is 3. The molecule has 0 unspecified atom stereocenters. The van der Waals surface area contributed by atoms with Crippen LogP contribution in [0.2, 0.25) is 0 Å². The molecule has 0 heterocycles. The van der Waals surface area contributed by atoms with Crippen molar-refractivity contribution in [2.24, 2.45) is 0 Å². The summed E-state index contributed by atoms with van der Waals surface area (Å²) >= 11 is 0. The zero-order valence-corrected chi connectivity index (χ0v) is 12.0. The van der Waals surface area contributed by atoms with Gasteiger partial charge in [0.1, 0.15) is 0 Å². The van der Waals surface area contributed by atoms with Crippen molar-refractivity contribution < 1.29 is 31.2 Å². The van der Waals surface area contributed by atoms with Crippen molar-refractivity contribution in [1.82, 2.24) is 0 Å². The minimum Gasteiger partial charge on any atom is -0.289 e. The minimum absolute atomic E-state index is 0.0338. The third-order valence-electron chi connectivity index (χ3n) is 3.51. The van der Waals surface area contributed by atoms with Crippen LogP contribution in [0, 0.1) is 0 Å². The summed E-state index contributed by atoms with van der Waals surface area (Å²) in [7, 11) is -5.75. The van der Waals surface area contributed by atoms with Gasteiger partial charge >= 0.3 is 5.51 Å². The molecule has 0 bridgehead atoms. The van der Waals surface area contributed by atoms with Gasteiger partial charge in [-0.15, -0.1) is 0 Å². The standard InChI is InChI=1S/C15H7F3O4S/c16-15(17,18)23(21,22)11-7-3-6-10-12(11)14(20)9-5-2-1-4-8(9)13(10)19/h1-7H. The highest BCUT2D eigenvalue weighted by Crippen LogP contribution is 2.37. The van der Waals surface area contributed by atoms with Crippen LogP contribution in [0.5, 0.6) is 0 Å². The molecule has 0 saturated heterocycles. The molecule has 3 rings (SSSR count). The first-order valence-electron chi connectivity index (χ1n) is 6.29. The maximum absolute atomic E-state index is 12.8. The van der Waals surface area contributed by atoms with Gasteiger partial charge in [0.2, 0.25) is 0 Å². The average molecular weight is 340 g/mol. The number of alkyl halides is 3. The Bertz CT molecular complexity index is 959. The molecule has 0 amide bonds. The van der Waals surface area contributed by atoms with Gasteiger partial charge in [-0.2, -0.15) is 13.2 Å². The normalized spacial score (nSPS) is 14.4. The third kappa shape index (κ3) is 2.09. The first-order chi connectivity index (χ1) is 10.7. The minimum atomic E-state index is -5.75. The molecule has 8 heteroatoms. The number of benzene rings is 2. The van der Waals surface area contributed by atoms with E-state index in [0.717, 1.165) is 12.1 Å². The number of rotatable bonds is 1. The molecule has 1 aliphatic rings. The summed E-state index contributed by atoms with van der Waals surface area (Å²) in [6.07, 6.45) is 0. The average Bonchev–Trinajstić information content (AvgIpc) is 2.51. The van der Waals surface area contributed by atoms with E-state index in [1.54, 1.807) is 0 Å². The molecule has 0 N–H and O–H groups in total. The van der Waals surface area contributed by atoms with Crippen LogP contribution in [0.25, 0.3) is 0 Å². The Morgan fingerprint density at radius 3 is 1.83 bits per heavy atom. The number of carbonyl (C=O) groups excluding carboxylic acids is 2. The SMILES string of the molecule is O=C1c2ccccc2C(=O)c2c1cccc2S(=O)(=O)C(F)(F)F. The van der Waals surface area contributed by atoms with E-state index in [0.29, 0.717) is 6.07 Å². The van der Waals surface area contributed by atoms with E-state index in [-0.39, 0.29) is 16.7 Å². The summed E-state index contributed by atoms with van der Waals surface area (Å²) in [5.41, 5.74) is -6.73. The first-order valence-corrected chi connectivity index (χ1v) is 7.77. The molecular formula is C15H7F3O4S. The number of hydrogen-bond donors (Lipinski definition) is 0. The molecule has 0 fully saturated rings. The van der Waals surface area contributed by atoms with E-state index in [1.807, 2.05) is 0 Å². The van der Waals surface area contributed by atoms with E-state index >= 15 is 0 Å². The van der Waals surface area contributed by atoms with Gasteiger partial charge in [-0.3, -0.25) is 9.59 Å². The smallest absolute Gasteiger partial charge is 0.289 e. The lowest BCUT2D eigenvalue weighted by atomic mass is 9.84. The van der Waals surface area contributed by atoms with E-state index in [9.17, 15) is 31.2 Å². The van der Waals surface area contributed by atoms with Crippen molar-refractivity contribution in [3.05, 3.63) is 64.7 Å². The Morgan fingerprint density at radius 1 is 0.739 bits per heavy atom. The molecule has 118 valence electrons. The van der Waals surface area contributed by atoms with E-state index in [1.165, 1.54) is 24.3 Å². The molecule has 2 aromatic rings. The van der Waals surface area contributed by atoms with Crippen molar-refractivity contribution in [1.29, 1.82) is 0 Å². The molecule has 0 atom stereocenters. The highest BCUT2D eigenvalue weighted by Gasteiger charge is 2.49. The maximum Gasteiger partial charge on any atom is 0.501 e. The Morgan fingerprint density at radius 2 is 1.26 bits per heavy atom. The van der Waals surface area contributed by atoms with Crippen molar-refractivity contribution in [3.63, 3.8) is 0 Å². The van der Waals surface area contributed by atoms with Crippen LogP contribution in [0.1, 0.15) is 31.8 Å². The number of ketones is 2. The highest BCUT2D eigenvalue weighted by molar-refractivity contribution is 7.92. The predicted molar refractivity (Wildman–Crippen MR) is 73.0 cm³/mol. The van der Waals surface area contributed by atoms with Crippen molar-refractivity contribution in [2.75, 3.05) is 0 Å². The molecular weight excluding hydrogens is 333 g/mol. The Kier molecular flexibility index (Phi) is 3.19. The van der Waals surface area contributed by atoms with Crippen molar-refractivity contribution in [3.8, 4) is 0 Å². The topological polar surface area (TPSA) is 68.3 Å². The third-order valence-corrected chi connectivity index (χ3v) is 5.04. The van der Waals surface area contributed by atoms with Gasteiger partial charge in [0, 0.05) is 16.7 Å². The maximum atomic E-state index is 12.8. The molecule has 0 saturated carbocycles. The highest BCUT2D eigenvalue weighted by atomic mass is 32.2. The summed E-state index contributed by atoms with van der Waals surface area (Å²) in [4.78, 5) is 23.6. The van der Waals surface area contributed by atoms with Crippen LogP contribution in [0.15, 0.2) is 47.4 Å². The van der Waals surface area contributed by atoms with Gasteiger partial charge in [-0.05, 0) is 6.07 Å². The van der Waals surface area contributed by atoms with Crippen LogP contribution in [0.4, 0.5) is 13.2 Å². The van der Waals surface area contributed by atoms with Crippen LogP contribution >= 0.6 is 0 Å². The lowest BCUT2D eigenvalue weighted by molar-refractivity contribution is -0.0436. The van der Waals surface area contributed by atoms with E-state index in [2.05, 4.69) is 0 Å². The molecule has 23 heavy (non-hydrogen) atoms. The Labute approximate surface area is 128 Å². The Hall–Kier alpha value is -2.48. The van der Waals surface area contributed by atoms with Gasteiger partial charge in [0.25, 0.3) is 9.84 Å². The summed E-state index contributed by atoms with van der Waals surface area (Å²) in [6, 6.07) is 8.42. The number of sulfone groups is 1. The molecule has 0 radical (unpaired) electrons. The molecule has 0 aliphatic heterocycles. The monoisotopic (exact) mass is 340 g/mol. The van der Waals surface area contributed by atoms with E-state index < -0.39 is 37.4 Å². The molecule has 4 nitrogen and oxygen atoms in total. The quantitative estimate of drug-likeness (QED) is 0.683. The van der Waals surface area contributed by atoms with Crippen molar-refractivity contribution >= 4 is 21.4 Å². The fourth-order valence-corrected chi connectivity index (χ4v) is 3.44. The lowest BCUT2D eigenvalue weighted by Gasteiger charge is -2.20. The van der Waals surface area contributed by atoms with Gasteiger partial charge in [0.05, 0.1) is 10.5 Å². The van der Waals surface area contributed by atoms with Crippen LogP contribution in [-0.4, -0.2) is 25.5 Å². The van der Waals surface area contributed by atoms with E-state index in [4.69, 9.17) is 0 Å². The second-order valence-corrected chi connectivity index (χ2v) is 6.74. The summed E-state index contributed by atoms with van der Waals surface area (Å²) < 4.78 is 61.9. The molecule has 1 aliphatic carbocycles.